The monoisotopic (exact) mass is 432 g/mol. The van der Waals surface area contributed by atoms with Gasteiger partial charge in [-0.3, -0.25) is 9.52 Å². The summed E-state index contributed by atoms with van der Waals surface area (Å²) in [7, 11) is -3.86. The van der Waals surface area contributed by atoms with E-state index in [1.807, 2.05) is 0 Å². The normalized spacial score (nSPS) is 11.1. The van der Waals surface area contributed by atoms with Crippen LogP contribution in [0.1, 0.15) is 15.9 Å². The zero-order valence-electron chi connectivity index (χ0n) is 15.2. The Labute approximate surface area is 173 Å². The number of carbonyl (C=O) groups excluding carboxylic acids is 1. The lowest BCUT2D eigenvalue weighted by Gasteiger charge is -2.10. The maximum absolute atomic E-state index is 12.9. The molecule has 0 saturated carbocycles. The molecule has 0 aliphatic heterocycles. The average molecular weight is 433 g/mol. The maximum Gasteiger partial charge on any atom is 0.261 e. The van der Waals surface area contributed by atoms with Crippen molar-refractivity contribution in [3.8, 4) is 0 Å². The van der Waals surface area contributed by atoms with Gasteiger partial charge in [0, 0.05) is 22.8 Å². The Morgan fingerprint density at radius 1 is 0.966 bits per heavy atom. The van der Waals surface area contributed by atoms with Crippen molar-refractivity contribution in [1.29, 1.82) is 0 Å². The van der Waals surface area contributed by atoms with Crippen LogP contribution in [0.15, 0.2) is 77.7 Å². The van der Waals surface area contributed by atoms with E-state index in [0.29, 0.717) is 23.7 Å². The average Bonchev–Trinajstić information content (AvgIpc) is 2.71. The molecule has 0 fully saturated rings. The summed E-state index contributed by atoms with van der Waals surface area (Å²) >= 11 is 5.80. The highest BCUT2D eigenvalue weighted by molar-refractivity contribution is 7.92. The van der Waals surface area contributed by atoms with Crippen LogP contribution in [0.5, 0.6) is 0 Å². The van der Waals surface area contributed by atoms with E-state index < -0.39 is 15.9 Å². The Kier molecular flexibility index (Phi) is 6.51. The van der Waals surface area contributed by atoms with E-state index in [1.54, 1.807) is 36.4 Å². The third-order valence-corrected chi connectivity index (χ3v) is 5.75. The fraction of sp³-hybridized carbons (Fsp3) is 0.0952. The zero-order chi connectivity index (χ0) is 20.9. The van der Waals surface area contributed by atoms with Gasteiger partial charge in [0.2, 0.25) is 0 Å². The van der Waals surface area contributed by atoms with E-state index in [-0.39, 0.29) is 16.3 Å². The van der Waals surface area contributed by atoms with Crippen LogP contribution in [0.2, 0.25) is 5.02 Å². The molecule has 3 aromatic carbocycles. The number of hydrogen-bond acceptors (Lipinski definition) is 3. The Bertz CT molecular complexity index is 1100. The molecule has 5 nitrogen and oxygen atoms in total. The van der Waals surface area contributed by atoms with Crippen molar-refractivity contribution in [1.82, 2.24) is 5.32 Å². The molecule has 8 heteroatoms. The highest BCUT2D eigenvalue weighted by Crippen LogP contribution is 2.19. The SMILES string of the molecule is O=C(NCCc1ccc(F)cc1)c1cccc(S(=O)(=O)Nc2ccc(Cl)cc2)c1. The predicted molar refractivity (Wildman–Crippen MR) is 111 cm³/mol. The van der Waals surface area contributed by atoms with E-state index in [2.05, 4.69) is 10.0 Å². The largest absolute Gasteiger partial charge is 0.352 e. The van der Waals surface area contributed by atoms with Gasteiger partial charge >= 0.3 is 0 Å². The number of sulfonamides is 1. The van der Waals surface area contributed by atoms with Crippen LogP contribution in [0.4, 0.5) is 10.1 Å². The molecule has 3 aromatic rings. The lowest BCUT2D eigenvalue weighted by Crippen LogP contribution is -2.26. The molecule has 0 aliphatic rings. The first kappa shape index (κ1) is 20.8. The first-order chi connectivity index (χ1) is 13.8. The lowest BCUT2D eigenvalue weighted by atomic mass is 10.1. The standard InChI is InChI=1S/C21H18ClFN2O3S/c22-17-6-10-19(11-7-17)25-29(27,28)20-3-1-2-16(14-20)21(26)24-13-12-15-4-8-18(23)9-5-15/h1-11,14,25H,12-13H2,(H,24,26). The Hall–Kier alpha value is -2.90. The van der Waals surface area contributed by atoms with Gasteiger partial charge in [0.15, 0.2) is 0 Å². The Balaban J connectivity index is 1.65. The number of nitrogens with one attached hydrogen (secondary N) is 2. The number of hydrogen-bond donors (Lipinski definition) is 2. The van der Waals surface area contributed by atoms with Crippen molar-refractivity contribution in [3.63, 3.8) is 0 Å². The summed E-state index contributed by atoms with van der Waals surface area (Å²) in [6.45, 7) is 0.338. The molecule has 2 N–H and O–H groups in total. The van der Waals surface area contributed by atoms with E-state index in [9.17, 15) is 17.6 Å². The van der Waals surface area contributed by atoms with Crippen LogP contribution >= 0.6 is 11.6 Å². The molecule has 0 heterocycles. The number of halogens is 2. The summed E-state index contributed by atoms with van der Waals surface area (Å²) < 4.78 is 40.5. The number of carbonyl (C=O) groups is 1. The van der Waals surface area contributed by atoms with Crippen LogP contribution in [-0.4, -0.2) is 20.9 Å². The minimum Gasteiger partial charge on any atom is -0.352 e. The quantitative estimate of drug-likeness (QED) is 0.586. The minimum atomic E-state index is -3.86. The molecule has 1 amide bonds. The second kappa shape index (κ2) is 9.07. The van der Waals surface area contributed by atoms with Crippen molar-refractivity contribution < 1.29 is 17.6 Å². The zero-order valence-corrected chi connectivity index (χ0v) is 16.8. The van der Waals surface area contributed by atoms with Gasteiger partial charge in [0.25, 0.3) is 15.9 Å². The van der Waals surface area contributed by atoms with Crippen LogP contribution in [0, 0.1) is 5.82 Å². The van der Waals surface area contributed by atoms with E-state index in [0.717, 1.165) is 5.56 Å². The maximum atomic E-state index is 12.9. The van der Waals surface area contributed by atoms with Gasteiger partial charge < -0.3 is 5.32 Å². The van der Waals surface area contributed by atoms with Gasteiger partial charge in [-0.2, -0.15) is 0 Å². The first-order valence-electron chi connectivity index (χ1n) is 8.74. The highest BCUT2D eigenvalue weighted by Gasteiger charge is 2.16. The van der Waals surface area contributed by atoms with Gasteiger partial charge in [-0.1, -0.05) is 29.8 Å². The Morgan fingerprint density at radius 3 is 2.34 bits per heavy atom. The van der Waals surface area contributed by atoms with Crippen molar-refractivity contribution >= 4 is 33.2 Å². The van der Waals surface area contributed by atoms with Crippen LogP contribution in [0.3, 0.4) is 0 Å². The van der Waals surface area contributed by atoms with Crippen LogP contribution in [0.25, 0.3) is 0 Å². The summed E-state index contributed by atoms with van der Waals surface area (Å²) in [5.74, 6) is -0.710. The van der Waals surface area contributed by atoms with Gasteiger partial charge in [-0.05, 0) is 66.6 Å². The summed E-state index contributed by atoms with van der Waals surface area (Å²) in [4.78, 5) is 12.3. The first-order valence-corrected chi connectivity index (χ1v) is 10.6. The summed E-state index contributed by atoms with van der Waals surface area (Å²) in [5, 5.41) is 3.23. The molecular weight excluding hydrogens is 415 g/mol. The number of anilines is 1. The summed E-state index contributed by atoms with van der Waals surface area (Å²) in [5.41, 5.74) is 1.47. The second-order valence-electron chi connectivity index (χ2n) is 6.27. The molecule has 150 valence electrons. The van der Waals surface area contributed by atoms with Crippen LogP contribution in [-0.2, 0) is 16.4 Å². The highest BCUT2D eigenvalue weighted by atomic mass is 35.5. The van der Waals surface area contributed by atoms with Crippen molar-refractivity contribution in [2.45, 2.75) is 11.3 Å². The molecule has 0 atom stereocenters. The van der Waals surface area contributed by atoms with Crippen molar-refractivity contribution in [3.05, 3.63) is 94.8 Å². The second-order valence-corrected chi connectivity index (χ2v) is 8.39. The topological polar surface area (TPSA) is 75.3 Å². The van der Waals surface area contributed by atoms with E-state index in [4.69, 9.17) is 11.6 Å². The summed E-state index contributed by atoms with van der Waals surface area (Å²) in [6.07, 6.45) is 0.530. The molecule has 29 heavy (non-hydrogen) atoms. The number of benzene rings is 3. The molecule has 0 aromatic heterocycles. The van der Waals surface area contributed by atoms with Crippen molar-refractivity contribution in [2.75, 3.05) is 11.3 Å². The molecule has 0 unspecified atom stereocenters. The molecule has 0 radical (unpaired) electrons. The fourth-order valence-corrected chi connectivity index (χ4v) is 3.84. The smallest absolute Gasteiger partial charge is 0.261 e. The predicted octanol–water partition coefficient (Wildman–Crippen LogP) is 4.25. The number of amides is 1. The Morgan fingerprint density at radius 2 is 1.66 bits per heavy atom. The summed E-state index contributed by atoms with van der Waals surface area (Å²) in [6, 6.07) is 18.0. The van der Waals surface area contributed by atoms with Gasteiger partial charge in [-0.25, -0.2) is 12.8 Å². The van der Waals surface area contributed by atoms with Crippen molar-refractivity contribution in [2.24, 2.45) is 0 Å². The molecule has 0 spiro atoms. The van der Waals surface area contributed by atoms with Gasteiger partial charge in [-0.15, -0.1) is 0 Å². The molecule has 0 bridgehead atoms. The molecule has 3 rings (SSSR count). The lowest BCUT2D eigenvalue weighted by molar-refractivity contribution is 0.0954. The fourth-order valence-electron chi connectivity index (χ4n) is 2.61. The third kappa shape index (κ3) is 5.79. The minimum absolute atomic E-state index is 0.0290. The third-order valence-electron chi connectivity index (χ3n) is 4.12. The molecule has 0 aliphatic carbocycles. The molecule has 0 saturated heterocycles. The van der Waals surface area contributed by atoms with E-state index >= 15 is 0 Å². The van der Waals surface area contributed by atoms with Gasteiger partial charge in [0.1, 0.15) is 5.82 Å². The van der Waals surface area contributed by atoms with Crippen LogP contribution < -0.4 is 10.0 Å². The van der Waals surface area contributed by atoms with E-state index in [1.165, 1.54) is 36.4 Å². The number of rotatable bonds is 7. The van der Waals surface area contributed by atoms with Gasteiger partial charge in [0.05, 0.1) is 4.90 Å². The molecular formula is C21H18ClFN2O3S.